The maximum atomic E-state index is 11.6. The minimum Gasteiger partial charge on any atom is -1.00 e. The van der Waals surface area contributed by atoms with Crippen LogP contribution in [0.5, 0.6) is 0 Å². The molecule has 0 fully saturated rings. The molecule has 7 nitrogen and oxygen atoms in total. The summed E-state index contributed by atoms with van der Waals surface area (Å²) in [4.78, 5) is 32.5. The van der Waals surface area contributed by atoms with Crippen LogP contribution < -0.4 is 35.1 Å². The zero-order chi connectivity index (χ0) is 13.0. The van der Waals surface area contributed by atoms with Gasteiger partial charge in [0.05, 0.1) is 11.5 Å². The summed E-state index contributed by atoms with van der Waals surface area (Å²) in [6.45, 7) is 1.40. The van der Waals surface area contributed by atoms with Crippen LogP contribution in [-0.2, 0) is 16.1 Å². The van der Waals surface area contributed by atoms with Gasteiger partial charge in [0.1, 0.15) is 11.6 Å². The van der Waals surface area contributed by atoms with E-state index >= 15 is 0 Å². The Kier molecular flexibility index (Phi) is 7.15. The second kappa shape index (κ2) is 7.52. The number of nitrogens with zero attached hydrogens (tertiary/aromatic N) is 2. The van der Waals surface area contributed by atoms with E-state index in [9.17, 15) is 19.7 Å². The maximum Gasteiger partial charge on any atom is 1.00 e. The molecule has 0 unspecified atom stereocenters. The van der Waals surface area contributed by atoms with E-state index in [1.165, 1.54) is 12.3 Å². The van der Waals surface area contributed by atoms with Crippen LogP contribution in [0.3, 0.4) is 0 Å². The molecular weight excluding hydrogens is 275 g/mol. The minimum absolute atomic E-state index is 0. The van der Waals surface area contributed by atoms with Gasteiger partial charge >= 0.3 is 46.8 Å². The SMILES string of the molecule is CCOC(=O)Cn1ccc(Cl)c([N+](=O)[O-])c1=O.[H-].[Na+]. The molecule has 0 aromatic carbocycles. The van der Waals surface area contributed by atoms with Crippen LogP contribution in [0, 0.1) is 10.1 Å². The average Bonchev–Trinajstić information content (AvgIpc) is 2.22. The summed E-state index contributed by atoms with van der Waals surface area (Å²) in [5, 5.41) is 10.3. The van der Waals surface area contributed by atoms with Gasteiger partial charge in [0, 0.05) is 6.20 Å². The first-order valence-electron chi connectivity index (χ1n) is 4.66. The van der Waals surface area contributed by atoms with Gasteiger partial charge in [-0.15, -0.1) is 0 Å². The van der Waals surface area contributed by atoms with Gasteiger partial charge in [0.2, 0.25) is 0 Å². The monoisotopic (exact) mass is 284 g/mol. The standard InChI is InChI=1S/C9H9ClN2O5.Na.H/c1-2-17-7(13)5-11-4-3-6(10)8(9(11)14)12(15)16;;/h3-4H,2,5H2,1H3;;/q;+1;-1. The van der Waals surface area contributed by atoms with Crippen LogP contribution >= 0.6 is 11.6 Å². The number of esters is 1. The Morgan fingerprint density at radius 3 is 2.78 bits per heavy atom. The van der Waals surface area contributed by atoms with Crippen LogP contribution in [0.4, 0.5) is 5.69 Å². The summed E-state index contributed by atoms with van der Waals surface area (Å²) >= 11 is 5.52. The van der Waals surface area contributed by atoms with Gasteiger partial charge in [-0.1, -0.05) is 11.6 Å². The number of carbonyl (C=O) groups excluding carboxylic acids is 1. The van der Waals surface area contributed by atoms with Crippen molar-refractivity contribution in [2.24, 2.45) is 0 Å². The van der Waals surface area contributed by atoms with Gasteiger partial charge in [-0.05, 0) is 13.0 Å². The summed E-state index contributed by atoms with van der Waals surface area (Å²) < 4.78 is 5.51. The summed E-state index contributed by atoms with van der Waals surface area (Å²) in [7, 11) is 0. The van der Waals surface area contributed by atoms with Gasteiger partial charge in [0.25, 0.3) is 0 Å². The van der Waals surface area contributed by atoms with Crippen LogP contribution in [0.1, 0.15) is 8.35 Å². The van der Waals surface area contributed by atoms with Gasteiger partial charge in [-0.2, -0.15) is 0 Å². The predicted molar refractivity (Wildman–Crippen MR) is 60.1 cm³/mol. The van der Waals surface area contributed by atoms with Crippen molar-refractivity contribution in [3.05, 3.63) is 37.8 Å². The molecule has 94 valence electrons. The van der Waals surface area contributed by atoms with E-state index in [0.29, 0.717) is 0 Å². The number of carbonyl (C=O) groups is 1. The summed E-state index contributed by atoms with van der Waals surface area (Å²) in [6, 6.07) is 1.18. The van der Waals surface area contributed by atoms with E-state index < -0.39 is 22.1 Å². The summed E-state index contributed by atoms with van der Waals surface area (Å²) in [5.74, 6) is -0.647. The Hall–Kier alpha value is -0.890. The number of pyridine rings is 1. The molecule has 1 aromatic heterocycles. The molecule has 0 saturated carbocycles. The third kappa shape index (κ3) is 4.09. The van der Waals surface area contributed by atoms with E-state index in [-0.39, 0.29) is 49.2 Å². The molecule has 0 saturated heterocycles. The van der Waals surface area contributed by atoms with E-state index in [1.54, 1.807) is 6.92 Å². The fraction of sp³-hybridized carbons (Fsp3) is 0.333. The molecule has 9 heteroatoms. The molecule has 0 radical (unpaired) electrons. The molecule has 0 amide bonds. The molecule has 0 spiro atoms. The fourth-order valence-corrected chi connectivity index (χ4v) is 1.38. The number of rotatable bonds is 4. The molecule has 0 bridgehead atoms. The number of hydrogen-bond donors (Lipinski definition) is 0. The Morgan fingerprint density at radius 2 is 2.28 bits per heavy atom. The summed E-state index contributed by atoms with van der Waals surface area (Å²) in [5.41, 5.74) is -1.69. The first kappa shape index (κ1) is 17.1. The Balaban J connectivity index is 0. The van der Waals surface area contributed by atoms with Crippen molar-refractivity contribution in [3.8, 4) is 0 Å². The van der Waals surface area contributed by atoms with Crippen molar-refractivity contribution in [1.29, 1.82) is 0 Å². The van der Waals surface area contributed by atoms with E-state index in [4.69, 9.17) is 11.6 Å². The van der Waals surface area contributed by atoms with E-state index in [0.717, 1.165) is 4.57 Å². The van der Waals surface area contributed by atoms with E-state index in [1.807, 2.05) is 0 Å². The number of hydrogen-bond acceptors (Lipinski definition) is 5. The normalized spacial score (nSPS) is 9.44. The topological polar surface area (TPSA) is 91.4 Å². The molecule has 1 aromatic rings. The van der Waals surface area contributed by atoms with Gasteiger partial charge in [0.15, 0.2) is 0 Å². The Morgan fingerprint density at radius 1 is 1.67 bits per heavy atom. The van der Waals surface area contributed by atoms with Crippen molar-refractivity contribution in [3.63, 3.8) is 0 Å². The van der Waals surface area contributed by atoms with Crippen LogP contribution in [0.15, 0.2) is 17.1 Å². The fourth-order valence-electron chi connectivity index (χ4n) is 1.18. The number of ether oxygens (including phenoxy) is 1. The molecule has 0 atom stereocenters. The van der Waals surface area contributed by atoms with Crippen molar-refractivity contribution in [2.45, 2.75) is 13.5 Å². The first-order chi connectivity index (χ1) is 7.97. The number of aromatic nitrogens is 1. The zero-order valence-corrected chi connectivity index (χ0v) is 12.6. The zero-order valence-electron chi connectivity index (χ0n) is 10.9. The van der Waals surface area contributed by atoms with Gasteiger partial charge < -0.3 is 6.16 Å². The molecule has 0 aliphatic rings. The maximum absolute atomic E-state index is 11.6. The minimum atomic E-state index is -0.935. The van der Waals surface area contributed by atoms with Crippen LogP contribution in [-0.4, -0.2) is 22.1 Å². The average molecular weight is 285 g/mol. The van der Waals surface area contributed by atoms with Crippen molar-refractivity contribution in [2.75, 3.05) is 6.61 Å². The van der Waals surface area contributed by atoms with Crippen LogP contribution in [0.25, 0.3) is 0 Å². The molecule has 18 heavy (non-hydrogen) atoms. The third-order valence-corrected chi connectivity index (χ3v) is 2.18. The molecule has 0 N–H and O–H groups in total. The number of halogens is 1. The van der Waals surface area contributed by atoms with Gasteiger partial charge in [-0.3, -0.25) is 24.3 Å². The molecule has 1 heterocycles. The Labute approximate surface area is 131 Å². The Bertz CT molecular complexity index is 522. The van der Waals surface area contributed by atoms with Crippen molar-refractivity contribution >= 4 is 23.3 Å². The largest absolute Gasteiger partial charge is 1.00 e. The quantitative estimate of drug-likeness (QED) is 0.278. The number of nitro groups is 1. The van der Waals surface area contributed by atoms with Crippen LogP contribution in [0.2, 0.25) is 5.02 Å². The molecule has 0 aliphatic heterocycles. The van der Waals surface area contributed by atoms with Gasteiger partial charge in [-0.25, -0.2) is 0 Å². The second-order valence-corrected chi connectivity index (χ2v) is 3.41. The summed E-state index contributed by atoms with van der Waals surface area (Å²) in [6.07, 6.45) is 1.20. The third-order valence-electron chi connectivity index (χ3n) is 1.88. The second-order valence-electron chi connectivity index (χ2n) is 3.01. The van der Waals surface area contributed by atoms with Crippen molar-refractivity contribution < 1.29 is 45.4 Å². The van der Waals surface area contributed by atoms with E-state index in [2.05, 4.69) is 4.74 Å². The molecular formula is C9H10ClN2NaO5. The molecule has 0 aliphatic carbocycles. The smallest absolute Gasteiger partial charge is 1.00 e. The van der Waals surface area contributed by atoms with Crippen molar-refractivity contribution in [1.82, 2.24) is 4.57 Å². The molecule has 1 rings (SSSR count). The first-order valence-corrected chi connectivity index (χ1v) is 5.04. The predicted octanol–water partition coefficient (Wildman–Crippen LogP) is -1.91.